The van der Waals surface area contributed by atoms with Crippen molar-refractivity contribution in [2.24, 2.45) is 0 Å². The summed E-state index contributed by atoms with van der Waals surface area (Å²) in [7, 11) is 0. The summed E-state index contributed by atoms with van der Waals surface area (Å²) >= 11 is 4.84. The molecule has 0 spiro atoms. The molecule has 0 bridgehead atoms. The van der Waals surface area contributed by atoms with Crippen LogP contribution in [0.15, 0.2) is 52.3 Å². The Balaban J connectivity index is 1.92. The molecule has 0 saturated carbocycles. The van der Waals surface area contributed by atoms with Gasteiger partial charge in [0.2, 0.25) is 0 Å². The lowest BCUT2D eigenvalue weighted by molar-refractivity contribution is 0.318. The quantitative estimate of drug-likeness (QED) is 0.528. The van der Waals surface area contributed by atoms with E-state index in [0.717, 1.165) is 21.3 Å². The minimum atomic E-state index is 0.0780. The van der Waals surface area contributed by atoms with Crippen molar-refractivity contribution in [2.75, 3.05) is 6.61 Å². The molecule has 6 heteroatoms. The van der Waals surface area contributed by atoms with Crippen LogP contribution in [0.1, 0.15) is 17.5 Å². The van der Waals surface area contributed by atoms with E-state index < -0.39 is 0 Å². The highest BCUT2D eigenvalue weighted by Crippen LogP contribution is 2.31. The normalized spacial score (nSPS) is 11.2. The molecule has 1 aromatic heterocycles. The van der Waals surface area contributed by atoms with Crippen LogP contribution in [0, 0.1) is 11.3 Å². The Labute approximate surface area is 164 Å². The van der Waals surface area contributed by atoms with Crippen molar-refractivity contribution >= 4 is 38.9 Å². The smallest absolute Gasteiger partial charge is 0.161 e. The van der Waals surface area contributed by atoms with Crippen molar-refractivity contribution in [3.05, 3.63) is 62.9 Å². The van der Waals surface area contributed by atoms with Gasteiger partial charge in [-0.25, -0.2) is 4.98 Å². The molecule has 130 valence electrons. The standard InChI is InChI=1S/C20H15BrN2O2S/c1-2-25-19-10-13(3-8-18(19)24)9-15(11-22)20-23-17(12-26-20)14-4-6-16(21)7-5-14/h3-10,12,24H,2H2,1H3/b15-9+. The highest BCUT2D eigenvalue weighted by molar-refractivity contribution is 9.10. The Morgan fingerprint density at radius 3 is 2.77 bits per heavy atom. The molecular weight excluding hydrogens is 412 g/mol. The van der Waals surface area contributed by atoms with Crippen molar-refractivity contribution in [1.82, 2.24) is 4.98 Å². The van der Waals surface area contributed by atoms with E-state index in [1.165, 1.54) is 11.3 Å². The average Bonchev–Trinajstić information content (AvgIpc) is 3.13. The van der Waals surface area contributed by atoms with Gasteiger partial charge in [-0.1, -0.05) is 34.1 Å². The zero-order valence-corrected chi connectivity index (χ0v) is 16.3. The SMILES string of the molecule is CCOc1cc(/C=C(\C#N)c2nc(-c3ccc(Br)cc3)cs2)ccc1O. The number of allylic oxidation sites excluding steroid dienone is 1. The second-order valence-corrected chi connectivity index (χ2v) is 7.15. The van der Waals surface area contributed by atoms with E-state index in [1.807, 2.05) is 36.6 Å². The van der Waals surface area contributed by atoms with Gasteiger partial charge in [-0.2, -0.15) is 5.26 Å². The molecule has 0 atom stereocenters. The second-order valence-electron chi connectivity index (χ2n) is 5.37. The van der Waals surface area contributed by atoms with E-state index in [0.29, 0.717) is 22.9 Å². The summed E-state index contributed by atoms with van der Waals surface area (Å²) in [6.07, 6.45) is 1.74. The average molecular weight is 427 g/mol. The van der Waals surface area contributed by atoms with E-state index >= 15 is 0 Å². The first kappa shape index (κ1) is 18.2. The molecule has 3 rings (SSSR count). The monoisotopic (exact) mass is 426 g/mol. The molecule has 0 radical (unpaired) electrons. The van der Waals surface area contributed by atoms with Crippen LogP contribution in [0.3, 0.4) is 0 Å². The summed E-state index contributed by atoms with van der Waals surface area (Å²) in [5.74, 6) is 0.475. The van der Waals surface area contributed by atoms with Gasteiger partial charge in [0.15, 0.2) is 11.5 Å². The first-order valence-corrected chi connectivity index (χ1v) is 9.57. The van der Waals surface area contributed by atoms with Gasteiger partial charge in [-0.15, -0.1) is 11.3 Å². The first-order chi connectivity index (χ1) is 12.6. The fraction of sp³-hybridized carbons (Fsp3) is 0.100. The van der Waals surface area contributed by atoms with Crippen LogP contribution in [0.25, 0.3) is 22.9 Å². The zero-order valence-electron chi connectivity index (χ0n) is 13.9. The third kappa shape index (κ3) is 4.13. The van der Waals surface area contributed by atoms with Crippen LogP contribution >= 0.6 is 27.3 Å². The summed E-state index contributed by atoms with van der Waals surface area (Å²) in [5, 5.41) is 21.9. The molecular formula is C20H15BrN2O2S. The molecule has 0 saturated heterocycles. The van der Waals surface area contributed by atoms with Gasteiger partial charge < -0.3 is 9.84 Å². The molecule has 2 aromatic carbocycles. The van der Waals surface area contributed by atoms with E-state index in [2.05, 4.69) is 27.0 Å². The molecule has 0 aliphatic carbocycles. The molecule has 0 unspecified atom stereocenters. The van der Waals surface area contributed by atoms with Gasteiger partial charge in [-0.3, -0.25) is 0 Å². The number of halogens is 1. The lowest BCUT2D eigenvalue weighted by atomic mass is 10.1. The maximum Gasteiger partial charge on any atom is 0.161 e. The number of aromatic hydroxyl groups is 1. The molecule has 0 amide bonds. The van der Waals surface area contributed by atoms with Gasteiger partial charge in [0, 0.05) is 15.4 Å². The van der Waals surface area contributed by atoms with Gasteiger partial charge in [0.05, 0.1) is 17.9 Å². The van der Waals surface area contributed by atoms with E-state index in [4.69, 9.17) is 4.74 Å². The van der Waals surface area contributed by atoms with Gasteiger partial charge in [0.1, 0.15) is 11.1 Å². The third-order valence-electron chi connectivity index (χ3n) is 3.59. The topological polar surface area (TPSA) is 66.1 Å². The number of nitriles is 1. The second kappa shape index (κ2) is 8.17. The Morgan fingerprint density at radius 2 is 2.08 bits per heavy atom. The van der Waals surface area contributed by atoms with E-state index in [9.17, 15) is 10.4 Å². The number of benzene rings is 2. The predicted molar refractivity (Wildman–Crippen MR) is 108 cm³/mol. The number of hydrogen-bond acceptors (Lipinski definition) is 5. The number of thiazole rings is 1. The number of phenolic OH excluding ortho intramolecular Hbond substituents is 1. The fourth-order valence-corrected chi connectivity index (χ4v) is 3.41. The largest absolute Gasteiger partial charge is 0.504 e. The van der Waals surface area contributed by atoms with Crippen LogP contribution in [0.5, 0.6) is 11.5 Å². The van der Waals surface area contributed by atoms with Crippen LogP contribution in [-0.4, -0.2) is 16.7 Å². The Hall–Kier alpha value is -2.62. The zero-order chi connectivity index (χ0) is 18.5. The number of rotatable bonds is 5. The van der Waals surface area contributed by atoms with Gasteiger partial charge >= 0.3 is 0 Å². The van der Waals surface area contributed by atoms with Gasteiger partial charge in [0.25, 0.3) is 0 Å². The maximum atomic E-state index is 9.80. The molecule has 0 aliphatic heterocycles. The number of ether oxygens (including phenoxy) is 1. The van der Waals surface area contributed by atoms with Crippen LogP contribution in [0.4, 0.5) is 0 Å². The van der Waals surface area contributed by atoms with E-state index in [1.54, 1.807) is 24.3 Å². The molecule has 0 fully saturated rings. The summed E-state index contributed by atoms with van der Waals surface area (Å²) in [6, 6.07) is 15.1. The van der Waals surface area contributed by atoms with Gasteiger partial charge in [-0.05, 0) is 42.8 Å². The van der Waals surface area contributed by atoms with Crippen molar-refractivity contribution in [3.8, 4) is 28.8 Å². The number of phenols is 1. The van der Waals surface area contributed by atoms with Crippen LogP contribution < -0.4 is 4.74 Å². The fourth-order valence-electron chi connectivity index (χ4n) is 2.35. The van der Waals surface area contributed by atoms with Crippen molar-refractivity contribution in [1.29, 1.82) is 5.26 Å². The summed E-state index contributed by atoms with van der Waals surface area (Å²) < 4.78 is 6.40. The van der Waals surface area contributed by atoms with Crippen molar-refractivity contribution in [2.45, 2.75) is 6.92 Å². The number of hydrogen-bond donors (Lipinski definition) is 1. The molecule has 1 heterocycles. The third-order valence-corrected chi connectivity index (χ3v) is 4.99. The summed E-state index contributed by atoms with van der Waals surface area (Å²) in [4.78, 5) is 4.59. The highest BCUT2D eigenvalue weighted by Gasteiger charge is 2.10. The summed E-state index contributed by atoms with van der Waals surface area (Å²) in [6.45, 7) is 2.30. The van der Waals surface area contributed by atoms with Crippen molar-refractivity contribution in [3.63, 3.8) is 0 Å². The van der Waals surface area contributed by atoms with Crippen LogP contribution in [-0.2, 0) is 0 Å². The summed E-state index contributed by atoms with van der Waals surface area (Å²) in [5.41, 5.74) is 3.06. The van der Waals surface area contributed by atoms with Crippen molar-refractivity contribution < 1.29 is 9.84 Å². The minimum absolute atomic E-state index is 0.0780. The molecule has 3 aromatic rings. The first-order valence-electron chi connectivity index (χ1n) is 7.90. The minimum Gasteiger partial charge on any atom is -0.504 e. The maximum absolute atomic E-state index is 9.80. The Morgan fingerprint density at radius 1 is 1.31 bits per heavy atom. The van der Waals surface area contributed by atoms with Crippen LogP contribution in [0.2, 0.25) is 0 Å². The molecule has 26 heavy (non-hydrogen) atoms. The molecule has 0 aliphatic rings. The van der Waals surface area contributed by atoms with E-state index in [-0.39, 0.29) is 5.75 Å². The molecule has 4 nitrogen and oxygen atoms in total. The number of nitrogens with zero attached hydrogens (tertiary/aromatic N) is 2. The Kier molecular flexibility index (Phi) is 5.71. The molecule has 1 N–H and O–H groups in total. The predicted octanol–water partition coefficient (Wildman–Crippen LogP) is 5.74. The Bertz CT molecular complexity index is 988. The number of aromatic nitrogens is 1. The highest BCUT2D eigenvalue weighted by atomic mass is 79.9. The lowest BCUT2D eigenvalue weighted by Crippen LogP contribution is -1.92. The lowest BCUT2D eigenvalue weighted by Gasteiger charge is -2.06.